The van der Waals surface area contributed by atoms with Crippen LogP contribution in [0, 0.1) is 0 Å². The number of carbonyl (C=O) groups is 1. The maximum atomic E-state index is 11.7. The SMILES string of the molecule is CCC(I)C(CC(C)I)N1CCCC1=O. The Balaban J connectivity index is 2.66. The van der Waals surface area contributed by atoms with Gasteiger partial charge in [-0.1, -0.05) is 59.0 Å². The number of hydrogen-bond donors (Lipinski definition) is 0. The Labute approximate surface area is 120 Å². The highest BCUT2D eigenvalue weighted by Crippen LogP contribution is 2.27. The predicted octanol–water partition coefficient (Wildman–Crippen LogP) is 3.40. The minimum Gasteiger partial charge on any atom is -0.339 e. The highest BCUT2D eigenvalue weighted by Gasteiger charge is 2.32. The molecule has 1 fully saturated rings. The molecule has 0 radical (unpaired) electrons. The third kappa shape index (κ3) is 4.02. The fourth-order valence-electron chi connectivity index (χ4n) is 2.09. The van der Waals surface area contributed by atoms with Crippen LogP contribution in [0.5, 0.6) is 0 Å². The van der Waals surface area contributed by atoms with Crippen molar-refractivity contribution in [2.75, 3.05) is 6.54 Å². The van der Waals surface area contributed by atoms with E-state index in [1.54, 1.807) is 0 Å². The Morgan fingerprint density at radius 2 is 2.13 bits per heavy atom. The van der Waals surface area contributed by atoms with Gasteiger partial charge in [0.05, 0.1) is 0 Å². The summed E-state index contributed by atoms with van der Waals surface area (Å²) in [6.45, 7) is 5.42. The van der Waals surface area contributed by atoms with E-state index in [1.807, 2.05) is 0 Å². The molecule has 1 heterocycles. The molecule has 2 nitrogen and oxygen atoms in total. The highest BCUT2D eigenvalue weighted by atomic mass is 127. The zero-order valence-corrected chi connectivity index (χ0v) is 13.7. The van der Waals surface area contributed by atoms with Crippen LogP contribution >= 0.6 is 45.2 Å². The quantitative estimate of drug-likeness (QED) is 0.479. The normalized spacial score (nSPS) is 22.9. The third-order valence-electron chi connectivity index (χ3n) is 2.88. The molecule has 0 aliphatic carbocycles. The second-order valence-corrected chi connectivity index (χ2v) is 7.93. The minimum atomic E-state index is 0.368. The van der Waals surface area contributed by atoms with Crippen molar-refractivity contribution in [2.24, 2.45) is 0 Å². The van der Waals surface area contributed by atoms with Gasteiger partial charge in [-0.3, -0.25) is 4.79 Å². The Morgan fingerprint density at radius 1 is 1.47 bits per heavy atom. The maximum Gasteiger partial charge on any atom is 0.222 e. The fraction of sp³-hybridized carbons (Fsp3) is 0.909. The smallest absolute Gasteiger partial charge is 0.222 e. The molecule has 0 bridgehead atoms. The number of halogens is 2. The molecule has 1 rings (SSSR count). The van der Waals surface area contributed by atoms with Crippen LogP contribution in [-0.4, -0.2) is 31.2 Å². The van der Waals surface area contributed by atoms with Crippen LogP contribution in [0.1, 0.15) is 39.5 Å². The van der Waals surface area contributed by atoms with Gasteiger partial charge < -0.3 is 4.90 Å². The molecule has 3 atom stereocenters. The number of nitrogens with zero attached hydrogens (tertiary/aromatic N) is 1. The van der Waals surface area contributed by atoms with Crippen molar-refractivity contribution in [1.82, 2.24) is 4.90 Å². The standard InChI is InChI=1S/C11H19I2NO/c1-3-9(13)10(7-8(2)12)14-6-4-5-11(14)15/h8-10H,3-7H2,1-2H3. The summed E-state index contributed by atoms with van der Waals surface area (Å²) in [4.78, 5) is 13.9. The van der Waals surface area contributed by atoms with Gasteiger partial charge in [0.25, 0.3) is 0 Å². The third-order valence-corrected chi connectivity index (χ3v) is 5.10. The molecule has 1 amide bonds. The van der Waals surface area contributed by atoms with E-state index in [9.17, 15) is 4.79 Å². The van der Waals surface area contributed by atoms with Gasteiger partial charge in [-0.15, -0.1) is 0 Å². The van der Waals surface area contributed by atoms with Crippen molar-refractivity contribution in [3.63, 3.8) is 0 Å². The minimum absolute atomic E-state index is 0.368. The van der Waals surface area contributed by atoms with Crippen molar-refractivity contribution in [3.05, 3.63) is 0 Å². The zero-order chi connectivity index (χ0) is 11.4. The molecule has 3 unspecified atom stereocenters. The summed E-state index contributed by atoms with van der Waals surface area (Å²) in [6.07, 6.45) is 4.10. The second kappa shape index (κ2) is 6.61. The first-order valence-corrected chi connectivity index (χ1v) is 8.13. The van der Waals surface area contributed by atoms with Gasteiger partial charge in [0.1, 0.15) is 0 Å². The van der Waals surface area contributed by atoms with Gasteiger partial charge in [0.2, 0.25) is 5.91 Å². The van der Waals surface area contributed by atoms with Gasteiger partial charge in [-0.05, 0) is 19.3 Å². The van der Waals surface area contributed by atoms with Crippen molar-refractivity contribution in [1.29, 1.82) is 0 Å². The van der Waals surface area contributed by atoms with Gasteiger partial charge in [0, 0.05) is 26.9 Å². The molecular weight excluding hydrogens is 416 g/mol. The topological polar surface area (TPSA) is 20.3 Å². The van der Waals surface area contributed by atoms with E-state index in [-0.39, 0.29) is 0 Å². The molecular formula is C11H19I2NO. The van der Waals surface area contributed by atoms with Crippen LogP contribution in [0.2, 0.25) is 0 Å². The average Bonchev–Trinajstić information content (AvgIpc) is 2.59. The summed E-state index contributed by atoms with van der Waals surface area (Å²) in [5.74, 6) is 0.368. The molecule has 0 N–H and O–H groups in total. The molecule has 1 saturated heterocycles. The number of likely N-dealkylation sites (tertiary alicyclic amines) is 1. The number of carbonyl (C=O) groups excluding carboxylic acids is 1. The summed E-state index contributed by atoms with van der Waals surface area (Å²) in [6, 6.07) is 0.456. The molecule has 0 aromatic carbocycles. The van der Waals surface area contributed by atoms with E-state index in [1.165, 1.54) is 0 Å². The molecule has 15 heavy (non-hydrogen) atoms. The molecule has 1 aliphatic heterocycles. The Morgan fingerprint density at radius 3 is 2.53 bits per heavy atom. The van der Waals surface area contributed by atoms with Crippen LogP contribution in [0.25, 0.3) is 0 Å². The molecule has 4 heteroatoms. The first-order chi connectivity index (χ1) is 7.06. The highest BCUT2D eigenvalue weighted by molar-refractivity contribution is 14.1. The number of rotatable bonds is 5. The lowest BCUT2D eigenvalue weighted by molar-refractivity contribution is -0.129. The largest absolute Gasteiger partial charge is 0.339 e. The van der Waals surface area contributed by atoms with E-state index in [2.05, 4.69) is 63.9 Å². The Kier molecular flexibility index (Phi) is 6.17. The van der Waals surface area contributed by atoms with Gasteiger partial charge >= 0.3 is 0 Å². The van der Waals surface area contributed by atoms with Gasteiger partial charge in [0.15, 0.2) is 0 Å². The summed E-state index contributed by atoms with van der Waals surface area (Å²) < 4.78 is 1.24. The van der Waals surface area contributed by atoms with Crippen molar-refractivity contribution < 1.29 is 4.79 Å². The monoisotopic (exact) mass is 435 g/mol. The summed E-state index contributed by atoms with van der Waals surface area (Å²) in [5, 5.41) is 0. The molecule has 88 valence electrons. The second-order valence-electron chi connectivity index (χ2n) is 4.20. The van der Waals surface area contributed by atoms with E-state index in [4.69, 9.17) is 0 Å². The predicted molar refractivity (Wildman–Crippen MR) is 80.9 cm³/mol. The molecule has 0 aromatic heterocycles. The Hall–Kier alpha value is 0.930. The van der Waals surface area contributed by atoms with Crippen LogP contribution < -0.4 is 0 Å². The Bertz CT molecular complexity index is 221. The number of hydrogen-bond acceptors (Lipinski definition) is 1. The molecule has 0 saturated carbocycles. The van der Waals surface area contributed by atoms with Gasteiger partial charge in [-0.2, -0.15) is 0 Å². The van der Waals surface area contributed by atoms with Crippen LogP contribution in [0.15, 0.2) is 0 Å². The summed E-state index contributed by atoms with van der Waals surface area (Å²) in [7, 11) is 0. The van der Waals surface area contributed by atoms with Crippen LogP contribution in [-0.2, 0) is 4.79 Å². The maximum absolute atomic E-state index is 11.7. The lowest BCUT2D eigenvalue weighted by Crippen LogP contribution is -2.43. The van der Waals surface area contributed by atoms with Crippen LogP contribution in [0.4, 0.5) is 0 Å². The van der Waals surface area contributed by atoms with Crippen LogP contribution in [0.3, 0.4) is 0 Å². The summed E-state index contributed by atoms with van der Waals surface area (Å²) in [5.41, 5.74) is 0. The van der Waals surface area contributed by atoms with E-state index in [0.29, 0.717) is 19.8 Å². The fourth-order valence-corrected chi connectivity index (χ4v) is 3.30. The average molecular weight is 435 g/mol. The van der Waals surface area contributed by atoms with E-state index < -0.39 is 0 Å². The number of alkyl halides is 2. The van der Waals surface area contributed by atoms with Crippen molar-refractivity contribution in [3.8, 4) is 0 Å². The lowest BCUT2D eigenvalue weighted by Gasteiger charge is -2.32. The lowest BCUT2D eigenvalue weighted by atomic mass is 10.1. The van der Waals surface area contributed by atoms with Crippen molar-refractivity contribution in [2.45, 2.75) is 53.4 Å². The zero-order valence-electron chi connectivity index (χ0n) is 9.38. The first-order valence-electron chi connectivity index (χ1n) is 5.63. The molecule has 0 aromatic rings. The summed E-state index contributed by atoms with van der Waals surface area (Å²) >= 11 is 4.96. The van der Waals surface area contributed by atoms with E-state index in [0.717, 1.165) is 32.2 Å². The van der Waals surface area contributed by atoms with Crippen molar-refractivity contribution >= 4 is 51.1 Å². The first kappa shape index (κ1) is 14.0. The van der Waals surface area contributed by atoms with E-state index >= 15 is 0 Å². The molecule has 0 spiro atoms. The van der Waals surface area contributed by atoms with Gasteiger partial charge in [-0.25, -0.2) is 0 Å². The number of amides is 1. The molecule has 1 aliphatic rings.